The molecule has 0 aromatic carbocycles. The van der Waals surface area contributed by atoms with Crippen LogP contribution in [-0.4, -0.2) is 4.57 Å². The van der Waals surface area contributed by atoms with Crippen molar-refractivity contribution in [1.29, 1.82) is 0 Å². The fourth-order valence-electron chi connectivity index (χ4n) is 0.644. The predicted molar refractivity (Wildman–Crippen MR) is 50.1 cm³/mol. The first kappa shape index (κ1) is 8.39. The van der Waals surface area contributed by atoms with Crippen LogP contribution in [0.4, 0.5) is 0 Å². The number of hydrogen-bond acceptors (Lipinski definition) is 4. The van der Waals surface area contributed by atoms with Gasteiger partial charge in [-0.2, -0.15) is 0 Å². The Kier molecular flexibility index (Phi) is 2.62. The van der Waals surface area contributed by atoms with Gasteiger partial charge in [-0.1, -0.05) is 12.2 Å². The molecule has 0 bridgehead atoms. The van der Waals surface area contributed by atoms with E-state index in [0.29, 0.717) is 5.03 Å². The number of aromatic nitrogens is 1. The maximum absolute atomic E-state index is 5.02. The number of hydrogen-bond donors (Lipinski definition) is 0. The molecule has 1 nitrogen and oxygen atoms in total. The zero-order valence-electron chi connectivity index (χ0n) is 5.29. The highest BCUT2D eigenvalue weighted by Gasteiger charge is 1.87. The van der Waals surface area contributed by atoms with Crippen molar-refractivity contribution >= 4 is 48.8 Å². The molecule has 10 heavy (non-hydrogen) atoms. The Morgan fingerprint density at radius 1 is 1.60 bits per heavy atom. The summed E-state index contributed by atoms with van der Waals surface area (Å²) < 4.78 is 3.40. The molecule has 1 aromatic rings. The van der Waals surface area contributed by atoms with Gasteiger partial charge in [0.25, 0.3) is 0 Å². The predicted octanol–water partition coefficient (Wildman–Crippen LogP) is 2.11. The van der Waals surface area contributed by atoms with Gasteiger partial charge in [-0.05, 0) is 6.92 Å². The molecule has 0 aliphatic carbocycles. The first-order valence-corrected chi connectivity index (χ1v) is 4.78. The summed E-state index contributed by atoms with van der Waals surface area (Å²) >= 11 is 16.4. The zero-order chi connectivity index (χ0) is 7.72. The van der Waals surface area contributed by atoms with Gasteiger partial charge in [0.2, 0.25) is 0 Å². The molecule has 0 unspecified atom stereocenters. The van der Waals surface area contributed by atoms with Gasteiger partial charge >= 0.3 is 0 Å². The smallest absolute Gasteiger partial charge is 0.0633 e. The van der Waals surface area contributed by atoms with Gasteiger partial charge < -0.3 is 41.2 Å². The van der Waals surface area contributed by atoms with Gasteiger partial charge in [0, 0.05) is 6.54 Å². The van der Waals surface area contributed by atoms with E-state index in [9.17, 15) is 0 Å². The molecule has 0 amide bonds. The van der Waals surface area contributed by atoms with Crippen LogP contribution in [0.25, 0.3) is 0 Å². The molecule has 0 aliphatic rings. The van der Waals surface area contributed by atoms with Crippen molar-refractivity contribution in [2.45, 2.75) is 22.7 Å². The minimum Gasteiger partial charge on any atom is -0.763 e. The molecule has 0 saturated heterocycles. The van der Waals surface area contributed by atoms with Crippen molar-refractivity contribution in [3.63, 3.8) is 0 Å². The summed E-state index contributed by atoms with van der Waals surface area (Å²) in [5, 5.41) is 0.715. The van der Waals surface area contributed by atoms with Crippen molar-refractivity contribution in [3.8, 4) is 0 Å². The SMILES string of the molecule is CCn1c([S-])c([S-])sc1=S. The molecule has 0 radical (unpaired) electrons. The molecule has 0 fully saturated rings. The minimum absolute atomic E-state index is 0.715. The van der Waals surface area contributed by atoms with Gasteiger partial charge in [0.05, 0.1) is 3.95 Å². The van der Waals surface area contributed by atoms with Crippen LogP contribution in [0.5, 0.6) is 0 Å². The molecule has 1 rings (SSSR count). The molecule has 0 spiro atoms. The Hall–Kier alpha value is 0.290. The minimum atomic E-state index is 0.715. The summed E-state index contributed by atoms with van der Waals surface area (Å²) in [5.74, 6) is 0. The molecule has 5 heteroatoms. The standard InChI is InChI=1S/C5H7NS4/c1-2-6-3(7)4(8)10-5(6)9/h7-8H,2H2,1H3/p-2. The van der Waals surface area contributed by atoms with Crippen LogP contribution in [0.1, 0.15) is 6.92 Å². The van der Waals surface area contributed by atoms with Gasteiger partial charge in [-0.3, -0.25) is 0 Å². The Bertz CT molecular complexity index is 284. The van der Waals surface area contributed by atoms with Crippen molar-refractivity contribution in [2.75, 3.05) is 0 Å². The van der Waals surface area contributed by atoms with Crippen molar-refractivity contribution in [2.24, 2.45) is 0 Å². The number of thiazole rings is 1. The highest BCUT2D eigenvalue weighted by atomic mass is 32.2. The molecule has 1 heterocycles. The Labute approximate surface area is 79.9 Å². The fraction of sp³-hybridized carbons (Fsp3) is 0.400. The van der Waals surface area contributed by atoms with Crippen LogP contribution >= 0.6 is 23.6 Å². The zero-order valence-corrected chi connectivity index (χ0v) is 8.55. The number of rotatable bonds is 1. The van der Waals surface area contributed by atoms with E-state index in [1.165, 1.54) is 11.3 Å². The normalized spacial score (nSPS) is 10.1. The average Bonchev–Trinajstić information content (AvgIpc) is 2.09. The lowest BCUT2D eigenvalue weighted by atomic mass is 10.7. The molecule has 0 atom stereocenters. The van der Waals surface area contributed by atoms with Crippen molar-refractivity contribution < 1.29 is 0 Å². The van der Waals surface area contributed by atoms with E-state index >= 15 is 0 Å². The van der Waals surface area contributed by atoms with Crippen LogP contribution in [0, 0.1) is 3.95 Å². The van der Waals surface area contributed by atoms with Crippen LogP contribution < -0.4 is 0 Å². The maximum Gasteiger partial charge on any atom is 0.0633 e. The molecular formula is C5H5NS4-2. The van der Waals surface area contributed by atoms with Crippen molar-refractivity contribution in [3.05, 3.63) is 3.95 Å². The quantitative estimate of drug-likeness (QED) is 0.514. The second-order valence-corrected chi connectivity index (χ2v) is 4.40. The third-order valence-corrected chi connectivity index (χ3v) is 3.51. The van der Waals surface area contributed by atoms with E-state index in [2.05, 4.69) is 0 Å². The third kappa shape index (κ3) is 1.32. The third-order valence-electron chi connectivity index (χ3n) is 1.14. The Morgan fingerprint density at radius 2 is 2.20 bits per heavy atom. The van der Waals surface area contributed by atoms with Crippen LogP contribution in [-0.2, 0) is 31.8 Å². The monoisotopic (exact) mass is 207 g/mol. The highest BCUT2D eigenvalue weighted by Crippen LogP contribution is 2.17. The molecule has 0 saturated carbocycles. The first-order chi connectivity index (χ1) is 4.66. The highest BCUT2D eigenvalue weighted by molar-refractivity contribution is 7.74. The summed E-state index contributed by atoms with van der Waals surface area (Å²) in [4.78, 5) is 0. The molecule has 0 N–H and O–H groups in total. The topological polar surface area (TPSA) is 4.93 Å². The lowest BCUT2D eigenvalue weighted by molar-refractivity contribution is 0.685. The van der Waals surface area contributed by atoms with Crippen LogP contribution in [0.3, 0.4) is 0 Å². The van der Waals surface area contributed by atoms with E-state index < -0.39 is 0 Å². The van der Waals surface area contributed by atoms with E-state index in [1.807, 2.05) is 11.5 Å². The lowest BCUT2D eigenvalue weighted by Crippen LogP contribution is -1.95. The van der Waals surface area contributed by atoms with Gasteiger partial charge in [-0.15, -0.1) is 9.24 Å². The molecular weight excluding hydrogens is 202 g/mol. The van der Waals surface area contributed by atoms with Gasteiger partial charge in [-0.25, -0.2) is 0 Å². The lowest BCUT2D eigenvalue weighted by Gasteiger charge is -2.13. The molecule has 0 aliphatic heterocycles. The summed E-state index contributed by atoms with van der Waals surface area (Å²) in [6, 6.07) is 0. The summed E-state index contributed by atoms with van der Waals surface area (Å²) in [6.45, 7) is 2.83. The summed E-state index contributed by atoms with van der Waals surface area (Å²) in [7, 11) is 0. The van der Waals surface area contributed by atoms with E-state index in [1.54, 1.807) is 0 Å². The van der Waals surface area contributed by atoms with Gasteiger partial charge in [0.15, 0.2) is 0 Å². The molecule has 1 aromatic heterocycles. The maximum atomic E-state index is 5.02. The average molecular weight is 207 g/mol. The summed E-state index contributed by atoms with van der Waals surface area (Å²) in [5.41, 5.74) is 0. The second kappa shape index (κ2) is 3.13. The molecule has 56 valence electrons. The summed E-state index contributed by atoms with van der Waals surface area (Å²) in [6.07, 6.45) is 0. The largest absolute Gasteiger partial charge is 0.763 e. The Balaban J connectivity index is 3.34. The first-order valence-electron chi connectivity index (χ1n) is 2.74. The Morgan fingerprint density at radius 3 is 2.40 bits per heavy atom. The fourth-order valence-corrected chi connectivity index (χ4v) is 2.77. The van der Waals surface area contributed by atoms with Crippen LogP contribution in [0.15, 0.2) is 9.24 Å². The number of nitrogens with zero attached hydrogens (tertiary/aromatic N) is 1. The van der Waals surface area contributed by atoms with Gasteiger partial charge in [0.1, 0.15) is 0 Å². The van der Waals surface area contributed by atoms with Crippen LogP contribution in [0.2, 0.25) is 0 Å². The van der Waals surface area contributed by atoms with E-state index in [4.69, 9.17) is 37.5 Å². The van der Waals surface area contributed by atoms with E-state index in [0.717, 1.165) is 14.7 Å². The second-order valence-electron chi connectivity index (χ2n) is 1.70. The van der Waals surface area contributed by atoms with Crippen molar-refractivity contribution in [1.82, 2.24) is 4.57 Å². The van der Waals surface area contributed by atoms with E-state index in [-0.39, 0.29) is 0 Å².